The van der Waals surface area contributed by atoms with Crippen LogP contribution < -0.4 is 0 Å². The minimum absolute atomic E-state index is 0.104. The van der Waals surface area contributed by atoms with E-state index in [2.05, 4.69) is 55.4 Å². The van der Waals surface area contributed by atoms with Crippen LogP contribution in [0.4, 0.5) is 0 Å². The number of hydrogen-bond acceptors (Lipinski definition) is 15. The second-order valence-corrected chi connectivity index (χ2v) is 29.5. The van der Waals surface area contributed by atoms with Crippen LogP contribution in [0.25, 0.3) is 0 Å². The second kappa shape index (κ2) is 58.8. The van der Waals surface area contributed by atoms with E-state index in [1.807, 2.05) is 0 Å². The van der Waals surface area contributed by atoms with Gasteiger partial charge in [-0.1, -0.05) is 287 Å². The number of hydrogen-bond donors (Lipinski definition) is 3. The number of aliphatic hydroxyl groups is 1. The molecule has 0 saturated carbocycles. The van der Waals surface area contributed by atoms with Gasteiger partial charge in [0, 0.05) is 25.7 Å². The van der Waals surface area contributed by atoms with Gasteiger partial charge >= 0.3 is 39.5 Å². The molecule has 0 aliphatic heterocycles. The Hall–Kier alpha value is -1.94. The molecule has 3 N–H and O–H groups in total. The van der Waals surface area contributed by atoms with Crippen molar-refractivity contribution < 1.29 is 80.2 Å². The number of carbonyl (C=O) groups is 4. The van der Waals surface area contributed by atoms with Gasteiger partial charge in [-0.05, 0) is 49.4 Å². The fraction of sp³-hybridized carbons (Fsp3) is 0.942. The summed E-state index contributed by atoms with van der Waals surface area (Å²) >= 11 is 0. The maximum Gasteiger partial charge on any atom is 0.472 e. The lowest BCUT2D eigenvalue weighted by molar-refractivity contribution is -0.161. The minimum Gasteiger partial charge on any atom is -0.462 e. The van der Waals surface area contributed by atoms with E-state index < -0.39 is 97.5 Å². The Morgan fingerprint density at radius 1 is 0.318 bits per heavy atom. The van der Waals surface area contributed by atoms with Crippen LogP contribution in [0, 0.1) is 23.7 Å². The van der Waals surface area contributed by atoms with Crippen molar-refractivity contribution in [1.82, 2.24) is 0 Å². The Kier molecular flexibility index (Phi) is 57.6. The van der Waals surface area contributed by atoms with Gasteiger partial charge in [-0.15, -0.1) is 0 Å². The number of rotatable bonds is 66. The molecule has 0 aromatic heterocycles. The van der Waals surface area contributed by atoms with Gasteiger partial charge in [-0.2, -0.15) is 0 Å². The van der Waals surface area contributed by atoms with Crippen molar-refractivity contribution in [2.24, 2.45) is 23.7 Å². The molecule has 0 spiro atoms. The molecular formula is C69H134O17P2. The average Bonchev–Trinajstić information content (AvgIpc) is 3.55. The maximum atomic E-state index is 13.0. The van der Waals surface area contributed by atoms with Gasteiger partial charge in [-0.3, -0.25) is 37.3 Å². The third-order valence-electron chi connectivity index (χ3n) is 16.2. The molecule has 0 aromatic carbocycles. The summed E-state index contributed by atoms with van der Waals surface area (Å²) < 4.78 is 68.2. The Bertz CT molecular complexity index is 1750. The average molecular weight is 1300 g/mol. The van der Waals surface area contributed by atoms with Crippen LogP contribution in [0.3, 0.4) is 0 Å². The zero-order valence-corrected chi connectivity index (χ0v) is 59.1. The summed E-state index contributed by atoms with van der Waals surface area (Å²) in [5.74, 6) is 0.847. The maximum absolute atomic E-state index is 13.0. The second-order valence-electron chi connectivity index (χ2n) is 26.6. The van der Waals surface area contributed by atoms with Crippen molar-refractivity contribution in [3.05, 3.63) is 0 Å². The summed E-state index contributed by atoms with van der Waals surface area (Å²) in [7, 11) is -9.90. The van der Waals surface area contributed by atoms with Crippen LogP contribution in [-0.4, -0.2) is 96.7 Å². The van der Waals surface area contributed by atoms with E-state index >= 15 is 0 Å². The predicted octanol–water partition coefficient (Wildman–Crippen LogP) is 19.3. The quantitative estimate of drug-likeness (QED) is 0.0222. The lowest BCUT2D eigenvalue weighted by Gasteiger charge is -2.21. The first-order valence-corrected chi connectivity index (χ1v) is 38.7. The van der Waals surface area contributed by atoms with Crippen LogP contribution in [-0.2, 0) is 65.4 Å². The molecule has 3 unspecified atom stereocenters. The van der Waals surface area contributed by atoms with E-state index in [9.17, 15) is 43.2 Å². The molecule has 19 heteroatoms. The van der Waals surface area contributed by atoms with Gasteiger partial charge in [0.15, 0.2) is 12.2 Å². The standard InChI is InChI=1S/C69H134O17P2/c1-9-62(8)48-40-32-27-28-34-42-50-67(72)80-56-65(86-69(74)52-44-36-26-19-13-11-16-22-30-38-46-60(4)5)58-84-88(77,78)82-54-63(70)53-81-87(75,76)83-57-64(55-79-66(71)49-41-33-24-20-14-17-23-31-39-47-61(6)7)85-68(73)51-43-35-25-18-12-10-15-21-29-37-45-59(2)3/h59-65,70H,9-58H2,1-8H3,(H,75,76)(H,77,78)/t62?,63-,64-,65-/m1/s1. The van der Waals surface area contributed by atoms with Crippen molar-refractivity contribution in [1.29, 1.82) is 0 Å². The van der Waals surface area contributed by atoms with Crippen LogP contribution >= 0.6 is 15.6 Å². The summed E-state index contributed by atoms with van der Waals surface area (Å²) in [6.45, 7) is 14.1. The molecule has 0 aliphatic carbocycles. The van der Waals surface area contributed by atoms with Gasteiger partial charge in [-0.25, -0.2) is 9.13 Å². The van der Waals surface area contributed by atoms with Crippen molar-refractivity contribution >= 4 is 39.5 Å². The van der Waals surface area contributed by atoms with E-state index in [1.165, 1.54) is 135 Å². The molecule has 0 saturated heterocycles. The number of aliphatic hydroxyl groups excluding tert-OH is 1. The lowest BCUT2D eigenvalue weighted by Crippen LogP contribution is -2.30. The highest BCUT2D eigenvalue weighted by Gasteiger charge is 2.30. The first-order chi connectivity index (χ1) is 42.1. The van der Waals surface area contributed by atoms with Crippen LogP contribution in [0.5, 0.6) is 0 Å². The molecule has 0 aromatic rings. The van der Waals surface area contributed by atoms with E-state index in [0.717, 1.165) is 120 Å². The Balaban J connectivity index is 5.27. The molecule has 0 bridgehead atoms. The molecule has 0 amide bonds. The summed E-state index contributed by atoms with van der Waals surface area (Å²) in [4.78, 5) is 72.5. The molecular weight excluding hydrogens is 1160 g/mol. The molecule has 0 heterocycles. The number of esters is 4. The molecule has 0 rings (SSSR count). The van der Waals surface area contributed by atoms with Crippen molar-refractivity contribution in [2.75, 3.05) is 39.6 Å². The zero-order chi connectivity index (χ0) is 65.4. The molecule has 6 atom stereocenters. The monoisotopic (exact) mass is 1300 g/mol. The topological polar surface area (TPSA) is 237 Å². The van der Waals surface area contributed by atoms with Crippen LogP contribution in [0.2, 0.25) is 0 Å². The zero-order valence-electron chi connectivity index (χ0n) is 57.3. The highest BCUT2D eigenvalue weighted by molar-refractivity contribution is 7.47. The largest absolute Gasteiger partial charge is 0.472 e. The third-order valence-corrected chi connectivity index (χ3v) is 18.1. The number of phosphoric ester groups is 2. The van der Waals surface area contributed by atoms with Gasteiger partial charge in [0.1, 0.15) is 19.3 Å². The summed E-state index contributed by atoms with van der Waals surface area (Å²) in [5, 5.41) is 10.6. The van der Waals surface area contributed by atoms with Crippen molar-refractivity contribution in [3.63, 3.8) is 0 Å². The number of ether oxygens (including phenoxy) is 4. The van der Waals surface area contributed by atoms with Crippen molar-refractivity contribution in [2.45, 2.75) is 356 Å². The summed E-state index contributed by atoms with van der Waals surface area (Å²) in [5.41, 5.74) is 0. The fourth-order valence-corrected chi connectivity index (χ4v) is 11.9. The molecule has 0 fully saturated rings. The van der Waals surface area contributed by atoms with E-state index in [0.29, 0.717) is 25.7 Å². The number of unbranched alkanes of at least 4 members (excludes halogenated alkanes) is 31. The van der Waals surface area contributed by atoms with Crippen LogP contribution in [0.1, 0.15) is 338 Å². The third kappa shape index (κ3) is 61.6. The molecule has 0 radical (unpaired) electrons. The van der Waals surface area contributed by atoms with Gasteiger partial charge in [0.2, 0.25) is 0 Å². The van der Waals surface area contributed by atoms with E-state index in [1.54, 1.807) is 0 Å². The normalized spacial score (nSPS) is 14.6. The first kappa shape index (κ1) is 86.1. The first-order valence-electron chi connectivity index (χ1n) is 35.7. The number of carbonyl (C=O) groups excluding carboxylic acids is 4. The molecule has 17 nitrogen and oxygen atoms in total. The lowest BCUT2D eigenvalue weighted by atomic mass is 10.00. The Morgan fingerprint density at radius 2 is 0.545 bits per heavy atom. The summed E-state index contributed by atoms with van der Waals surface area (Å²) in [6.07, 6.45) is 40.3. The van der Waals surface area contributed by atoms with E-state index in [4.69, 9.17) is 37.0 Å². The fourth-order valence-electron chi connectivity index (χ4n) is 10.3. The van der Waals surface area contributed by atoms with Gasteiger partial charge in [0.25, 0.3) is 0 Å². The Labute approximate surface area is 537 Å². The predicted molar refractivity (Wildman–Crippen MR) is 354 cm³/mol. The van der Waals surface area contributed by atoms with E-state index in [-0.39, 0.29) is 25.7 Å². The smallest absolute Gasteiger partial charge is 0.462 e. The minimum atomic E-state index is -4.95. The molecule has 88 heavy (non-hydrogen) atoms. The summed E-state index contributed by atoms with van der Waals surface area (Å²) in [6, 6.07) is 0. The van der Waals surface area contributed by atoms with Crippen LogP contribution in [0.15, 0.2) is 0 Å². The molecule has 522 valence electrons. The highest BCUT2D eigenvalue weighted by atomic mass is 31.2. The van der Waals surface area contributed by atoms with Crippen molar-refractivity contribution in [3.8, 4) is 0 Å². The highest BCUT2D eigenvalue weighted by Crippen LogP contribution is 2.45. The number of phosphoric acid groups is 2. The SMILES string of the molecule is CCC(C)CCCCCCCCC(=O)OC[C@H](COP(=O)(O)OC[C@H](O)COP(=O)(O)OC[C@@H](COC(=O)CCCCCCCCCCCC(C)C)OC(=O)CCCCCCCCCCCCC(C)C)OC(=O)CCCCCCCCCCCCC(C)C. The van der Waals surface area contributed by atoms with Gasteiger partial charge < -0.3 is 33.8 Å². The van der Waals surface area contributed by atoms with Gasteiger partial charge in [0.05, 0.1) is 26.4 Å². The molecule has 0 aliphatic rings. The Morgan fingerprint density at radius 3 is 0.807 bits per heavy atom.